The predicted octanol–water partition coefficient (Wildman–Crippen LogP) is 4.15. The maximum absolute atomic E-state index is 14.3. The minimum absolute atomic E-state index is 0.0911. The second kappa shape index (κ2) is 9.43. The Morgan fingerprint density at radius 1 is 1.24 bits per heavy atom. The Labute approximate surface area is 173 Å². The number of hydrogen-bond acceptors (Lipinski definition) is 4. The zero-order valence-corrected chi connectivity index (χ0v) is 16.8. The van der Waals surface area contributed by atoms with Crippen molar-refractivity contribution < 1.29 is 14.0 Å². The topological polar surface area (TPSA) is 70.2 Å². The molecule has 0 aliphatic carbocycles. The van der Waals surface area contributed by atoms with Crippen LogP contribution in [0, 0.1) is 5.82 Å². The number of carbonyl (C=O) groups is 2. The number of carbonyl (C=O) groups excluding carboxylic acids is 2. The number of benzene rings is 2. The van der Waals surface area contributed by atoms with E-state index >= 15 is 0 Å². The fourth-order valence-electron chi connectivity index (χ4n) is 2.87. The van der Waals surface area contributed by atoms with Crippen molar-refractivity contribution in [2.24, 2.45) is 0 Å². The average Bonchev–Trinajstić information content (AvgIpc) is 3.17. The number of anilines is 1. The molecule has 1 aliphatic rings. The molecule has 0 radical (unpaired) electrons. The van der Waals surface area contributed by atoms with Crippen LogP contribution < -0.4 is 16.0 Å². The second-order valence-corrected chi connectivity index (χ2v) is 7.69. The Balaban J connectivity index is 1.66. The van der Waals surface area contributed by atoms with E-state index in [-0.39, 0.29) is 23.5 Å². The number of rotatable bonds is 7. The zero-order valence-electron chi connectivity index (χ0n) is 16.0. The van der Waals surface area contributed by atoms with Crippen molar-refractivity contribution >= 4 is 29.3 Å². The molecule has 29 heavy (non-hydrogen) atoms. The van der Waals surface area contributed by atoms with Crippen LogP contribution in [0.2, 0.25) is 0 Å². The smallest absolute Gasteiger partial charge is 0.247 e. The SMILES string of the molecule is C=CC(=O)Nc1ccc(-c2cccc(CC(=O)NC3NC=C(CC)S3)c2)cc1F. The van der Waals surface area contributed by atoms with E-state index in [1.807, 2.05) is 30.5 Å². The van der Waals surface area contributed by atoms with Crippen molar-refractivity contribution in [1.29, 1.82) is 0 Å². The largest absolute Gasteiger partial charge is 0.362 e. The molecule has 5 nitrogen and oxygen atoms in total. The van der Waals surface area contributed by atoms with Gasteiger partial charge in [-0.2, -0.15) is 0 Å². The van der Waals surface area contributed by atoms with Gasteiger partial charge < -0.3 is 16.0 Å². The van der Waals surface area contributed by atoms with Gasteiger partial charge in [-0.1, -0.05) is 55.6 Å². The van der Waals surface area contributed by atoms with Gasteiger partial charge in [0, 0.05) is 11.1 Å². The standard InChI is InChI=1S/C22H22FN3O2S/c1-3-17-13-24-22(29-17)26-21(28)11-14-6-5-7-15(10-14)16-8-9-19(18(23)12-16)25-20(27)4-2/h4-10,12-13,22,24H,2-3,11H2,1H3,(H,25,27)(H,26,28). The highest BCUT2D eigenvalue weighted by Crippen LogP contribution is 2.27. The summed E-state index contributed by atoms with van der Waals surface area (Å²) in [4.78, 5) is 24.9. The quantitative estimate of drug-likeness (QED) is 0.599. The first-order valence-corrected chi connectivity index (χ1v) is 10.1. The first-order valence-electron chi connectivity index (χ1n) is 9.22. The first kappa shape index (κ1) is 20.7. The van der Waals surface area contributed by atoms with E-state index in [2.05, 4.69) is 29.5 Å². The Morgan fingerprint density at radius 3 is 2.72 bits per heavy atom. The summed E-state index contributed by atoms with van der Waals surface area (Å²) in [5.41, 5.74) is 2.23. The van der Waals surface area contributed by atoms with E-state index in [1.165, 1.54) is 17.0 Å². The van der Waals surface area contributed by atoms with E-state index < -0.39 is 11.7 Å². The van der Waals surface area contributed by atoms with Crippen LogP contribution in [-0.4, -0.2) is 17.3 Å². The van der Waals surface area contributed by atoms with Crippen LogP contribution in [0.3, 0.4) is 0 Å². The summed E-state index contributed by atoms with van der Waals surface area (Å²) in [7, 11) is 0. The lowest BCUT2D eigenvalue weighted by atomic mass is 10.0. The molecule has 2 aromatic carbocycles. The van der Waals surface area contributed by atoms with Crippen LogP contribution in [0.15, 0.2) is 66.2 Å². The molecule has 0 saturated carbocycles. The van der Waals surface area contributed by atoms with Gasteiger partial charge in [0.15, 0.2) is 5.50 Å². The second-order valence-electron chi connectivity index (χ2n) is 6.46. The van der Waals surface area contributed by atoms with E-state index in [0.29, 0.717) is 5.56 Å². The molecular weight excluding hydrogens is 389 g/mol. The van der Waals surface area contributed by atoms with Crippen molar-refractivity contribution in [3.05, 3.63) is 77.6 Å². The van der Waals surface area contributed by atoms with Gasteiger partial charge in [-0.3, -0.25) is 9.59 Å². The molecule has 0 bridgehead atoms. The molecule has 7 heteroatoms. The van der Waals surface area contributed by atoms with Crippen LogP contribution in [-0.2, 0) is 16.0 Å². The summed E-state index contributed by atoms with van der Waals surface area (Å²) >= 11 is 1.60. The summed E-state index contributed by atoms with van der Waals surface area (Å²) in [6.45, 7) is 5.42. The third kappa shape index (κ3) is 5.48. The maximum Gasteiger partial charge on any atom is 0.247 e. The van der Waals surface area contributed by atoms with Crippen molar-refractivity contribution in [1.82, 2.24) is 10.6 Å². The summed E-state index contributed by atoms with van der Waals surface area (Å²) in [5.74, 6) is -1.10. The highest BCUT2D eigenvalue weighted by molar-refractivity contribution is 8.03. The van der Waals surface area contributed by atoms with Crippen LogP contribution in [0.5, 0.6) is 0 Å². The minimum atomic E-state index is -0.538. The summed E-state index contributed by atoms with van der Waals surface area (Å²) in [6, 6.07) is 12.0. The molecule has 150 valence electrons. The van der Waals surface area contributed by atoms with Crippen molar-refractivity contribution in [3.63, 3.8) is 0 Å². The lowest BCUT2D eigenvalue weighted by Gasteiger charge is -2.13. The molecule has 0 saturated heterocycles. The molecule has 3 N–H and O–H groups in total. The summed E-state index contributed by atoms with van der Waals surface area (Å²) in [5, 5.41) is 8.50. The highest BCUT2D eigenvalue weighted by Gasteiger charge is 2.18. The fourth-order valence-corrected chi connectivity index (χ4v) is 3.80. The number of allylic oxidation sites excluding steroid dienone is 1. The minimum Gasteiger partial charge on any atom is -0.362 e. The number of amides is 2. The van der Waals surface area contributed by atoms with Crippen LogP contribution in [0.1, 0.15) is 18.9 Å². The van der Waals surface area contributed by atoms with Crippen LogP contribution in [0.25, 0.3) is 11.1 Å². The van der Waals surface area contributed by atoms with E-state index in [1.54, 1.807) is 17.8 Å². The van der Waals surface area contributed by atoms with Crippen LogP contribution >= 0.6 is 11.8 Å². The van der Waals surface area contributed by atoms with E-state index in [0.717, 1.165) is 23.6 Å². The Hall–Kier alpha value is -3.06. The van der Waals surface area contributed by atoms with Gasteiger partial charge in [0.25, 0.3) is 0 Å². The molecule has 3 rings (SSSR count). The third-order valence-electron chi connectivity index (χ3n) is 4.34. The number of nitrogens with one attached hydrogen (secondary N) is 3. The molecule has 0 spiro atoms. The number of thioether (sulfide) groups is 1. The first-order chi connectivity index (χ1) is 14.0. The molecule has 0 aromatic heterocycles. The molecule has 2 aromatic rings. The van der Waals surface area contributed by atoms with Gasteiger partial charge in [0.2, 0.25) is 11.8 Å². The Kier molecular flexibility index (Phi) is 6.72. The summed E-state index contributed by atoms with van der Waals surface area (Å²) in [6.07, 6.45) is 4.16. The fraction of sp³-hybridized carbons (Fsp3) is 0.182. The monoisotopic (exact) mass is 411 g/mol. The van der Waals surface area contributed by atoms with Gasteiger partial charge in [-0.25, -0.2) is 4.39 Å². The maximum atomic E-state index is 14.3. The normalized spacial score (nSPS) is 15.2. The van der Waals surface area contributed by atoms with Crippen molar-refractivity contribution in [2.45, 2.75) is 25.3 Å². The number of halogens is 1. The molecule has 1 unspecified atom stereocenters. The molecule has 1 atom stereocenters. The van der Waals surface area contributed by atoms with Gasteiger partial charge >= 0.3 is 0 Å². The zero-order chi connectivity index (χ0) is 20.8. The van der Waals surface area contributed by atoms with E-state index in [9.17, 15) is 14.0 Å². The summed E-state index contributed by atoms with van der Waals surface area (Å²) < 4.78 is 14.3. The van der Waals surface area contributed by atoms with Crippen LogP contribution in [0.4, 0.5) is 10.1 Å². The molecule has 1 heterocycles. The van der Waals surface area contributed by atoms with Gasteiger partial charge in [0.05, 0.1) is 12.1 Å². The molecular formula is C22H22FN3O2S. The number of hydrogen-bond donors (Lipinski definition) is 3. The molecule has 2 amide bonds. The Bertz CT molecular complexity index is 974. The highest BCUT2D eigenvalue weighted by atomic mass is 32.2. The van der Waals surface area contributed by atoms with E-state index in [4.69, 9.17) is 0 Å². The molecule has 0 fully saturated rings. The third-order valence-corrected chi connectivity index (χ3v) is 5.54. The Morgan fingerprint density at radius 2 is 2.03 bits per heavy atom. The van der Waals surface area contributed by atoms with Gasteiger partial charge in [-0.05, 0) is 41.3 Å². The average molecular weight is 412 g/mol. The lowest BCUT2D eigenvalue weighted by Crippen LogP contribution is -2.39. The lowest BCUT2D eigenvalue weighted by molar-refractivity contribution is -0.120. The predicted molar refractivity (Wildman–Crippen MR) is 115 cm³/mol. The van der Waals surface area contributed by atoms with Gasteiger partial charge in [-0.15, -0.1) is 0 Å². The molecule has 1 aliphatic heterocycles. The van der Waals surface area contributed by atoms with Crippen molar-refractivity contribution in [3.8, 4) is 11.1 Å². The van der Waals surface area contributed by atoms with Gasteiger partial charge in [0.1, 0.15) is 5.82 Å². The van der Waals surface area contributed by atoms with Crippen molar-refractivity contribution in [2.75, 3.05) is 5.32 Å².